The highest BCUT2D eigenvalue weighted by Crippen LogP contribution is 1.91. The van der Waals surface area contributed by atoms with Gasteiger partial charge in [-0.15, -0.1) is 0 Å². The molecule has 0 saturated heterocycles. The Balaban J connectivity index is 3.45. The quantitative estimate of drug-likeness (QED) is 0.581. The predicted molar refractivity (Wildman–Crippen MR) is 43.4 cm³/mol. The Morgan fingerprint density at radius 3 is 2.64 bits per heavy atom. The number of rotatable bonds is 5. The third kappa shape index (κ3) is 4.75. The molecule has 0 aliphatic rings. The van der Waals surface area contributed by atoms with Crippen LogP contribution in [0.5, 0.6) is 0 Å². The summed E-state index contributed by atoms with van der Waals surface area (Å²) >= 11 is 0. The second-order valence-electron chi connectivity index (χ2n) is 2.63. The molecule has 0 radical (unpaired) electrons. The van der Waals surface area contributed by atoms with Gasteiger partial charge in [-0.05, 0) is 26.6 Å². The molecule has 0 saturated carbocycles. The fraction of sp³-hybridized carbons (Fsp3) is 0.857. The third-order valence-corrected chi connectivity index (χ3v) is 1.68. The molecule has 0 aromatic carbocycles. The van der Waals surface area contributed by atoms with Crippen LogP contribution in [0, 0.1) is 0 Å². The monoisotopic (exact) mass is 160 g/mol. The van der Waals surface area contributed by atoms with Crippen LogP contribution in [-0.4, -0.2) is 42.2 Å². The van der Waals surface area contributed by atoms with Crippen molar-refractivity contribution in [1.82, 2.24) is 4.90 Å². The van der Waals surface area contributed by atoms with E-state index in [1.165, 1.54) is 0 Å². The fourth-order valence-corrected chi connectivity index (χ4v) is 0.641. The molecule has 0 aromatic heterocycles. The average Bonchev–Trinajstić information content (AvgIpc) is 1.99. The molecule has 0 aromatic rings. The Labute approximate surface area is 67.0 Å². The summed E-state index contributed by atoms with van der Waals surface area (Å²) in [5.74, 6) is -0.922. The van der Waals surface area contributed by atoms with E-state index in [0.717, 1.165) is 13.1 Å². The second kappa shape index (κ2) is 5.09. The van der Waals surface area contributed by atoms with Gasteiger partial charge in [0.2, 0.25) is 0 Å². The minimum Gasteiger partial charge on any atom is -0.480 e. The first-order valence-electron chi connectivity index (χ1n) is 3.74. The zero-order valence-electron chi connectivity index (χ0n) is 7.08. The zero-order valence-corrected chi connectivity index (χ0v) is 7.08. The Hall–Kier alpha value is -0.610. The Morgan fingerprint density at radius 1 is 1.73 bits per heavy atom. The minimum atomic E-state index is -0.922. The largest absolute Gasteiger partial charge is 0.480 e. The fourth-order valence-electron chi connectivity index (χ4n) is 0.641. The van der Waals surface area contributed by atoms with E-state index in [1.807, 2.05) is 18.9 Å². The molecule has 4 heteroatoms. The normalized spacial score (nSPS) is 13.5. The first-order chi connectivity index (χ1) is 5.07. The van der Waals surface area contributed by atoms with Gasteiger partial charge in [0.05, 0.1) is 0 Å². The van der Waals surface area contributed by atoms with Crippen molar-refractivity contribution in [2.45, 2.75) is 19.4 Å². The van der Waals surface area contributed by atoms with Crippen LogP contribution < -0.4 is 5.73 Å². The molecular weight excluding hydrogens is 144 g/mol. The van der Waals surface area contributed by atoms with Crippen LogP contribution >= 0.6 is 0 Å². The van der Waals surface area contributed by atoms with E-state index in [4.69, 9.17) is 10.8 Å². The lowest BCUT2D eigenvalue weighted by Crippen LogP contribution is -2.34. The van der Waals surface area contributed by atoms with Crippen molar-refractivity contribution in [3.8, 4) is 0 Å². The smallest absolute Gasteiger partial charge is 0.320 e. The van der Waals surface area contributed by atoms with Crippen LogP contribution in [0.15, 0.2) is 0 Å². The number of nitrogens with zero attached hydrogens (tertiary/aromatic N) is 1. The number of hydrogen-bond acceptors (Lipinski definition) is 3. The standard InChI is InChI=1S/C7H16N2O2/c1-3-9(2)5-4-6(8)7(10)11/h6H,3-5,8H2,1-2H3,(H,10,11)/t6-/m1/s1. The summed E-state index contributed by atoms with van der Waals surface area (Å²) in [6.07, 6.45) is 0.514. The van der Waals surface area contributed by atoms with Crippen molar-refractivity contribution in [2.75, 3.05) is 20.1 Å². The molecule has 0 fully saturated rings. The van der Waals surface area contributed by atoms with Gasteiger partial charge in [-0.2, -0.15) is 0 Å². The van der Waals surface area contributed by atoms with Crippen LogP contribution in [0.1, 0.15) is 13.3 Å². The van der Waals surface area contributed by atoms with Crippen molar-refractivity contribution in [3.05, 3.63) is 0 Å². The lowest BCUT2D eigenvalue weighted by molar-refractivity contribution is -0.138. The van der Waals surface area contributed by atoms with Gasteiger partial charge < -0.3 is 15.7 Å². The Kier molecular flexibility index (Phi) is 4.81. The highest BCUT2D eigenvalue weighted by Gasteiger charge is 2.10. The third-order valence-electron chi connectivity index (χ3n) is 1.68. The van der Waals surface area contributed by atoms with Gasteiger partial charge in [0.1, 0.15) is 6.04 Å². The van der Waals surface area contributed by atoms with Crippen molar-refractivity contribution < 1.29 is 9.90 Å². The SMILES string of the molecule is CCN(C)CC[C@@H](N)C(=O)O. The van der Waals surface area contributed by atoms with Gasteiger partial charge >= 0.3 is 5.97 Å². The molecule has 1 atom stereocenters. The van der Waals surface area contributed by atoms with Crippen molar-refractivity contribution in [1.29, 1.82) is 0 Å². The molecular formula is C7H16N2O2. The van der Waals surface area contributed by atoms with E-state index < -0.39 is 12.0 Å². The molecule has 0 aliphatic carbocycles. The summed E-state index contributed by atoms with van der Waals surface area (Å²) in [6, 6.07) is -0.719. The van der Waals surface area contributed by atoms with Crippen LogP contribution in [-0.2, 0) is 4.79 Å². The zero-order chi connectivity index (χ0) is 8.85. The molecule has 0 spiro atoms. The summed E-state index contributed by atoms with van der Waals surface area (Å²) in [6.45, 7) is 3.68. The highest BCUT2D eigenvalue weighted by molar-refractivity contribution is 5.72. The maximum absolute atomic E-state index is 10.3. The van der Waals surface area contributed by atoms with E-state index in [1.54, 1.807) is 0 Å². The van der Waals surface area contributed by atoms with Crippen LogP contribution in [0.2, 0.25) is 0 Å². The summed E-state index contributed by atoms with van der Waals surface area (Å²) in [5.41, 5.74) is 5.29. The van der Waals surface area contributed by atoms with Gasteiger partial charge in [0, 0.05) is 0 Å². The van der Waals surface area contributed by atoms with Crippen molar-refractivity contribution in [3.63, 3.8) is 0 Å². The molecule has 0 amide bonds. The maximum Gasteiger partial charge on any atom is 0.320 e. The molecule has 3 N–H and O–H groups in total. The number of hydrogen-bond donors (Lipinski definition) is 2. The molecule has 0 bridgehead atoms. The molecule has 4 nitrogen and oxygen atoms in total. The molecule has 0 aliphatic heterocycles. The number of carbonyl (C=O) groups is 1. The summed E-state index contributed by atoms with van der Waals surface area (Å²) < 4.78 is 0. The first-order valence-corrected chi connectivity index (χ1v) is 3.74. The van der Waals surface area contributed by atoms with Gasteiger partial charge in [0.25, 0.3) is 0 Å². The Bertz CT molecular complexity index is 128. The van der Waals surface area contributed by atoms with E-state index in [2.05, 4.69) is 0 Å². The predicted octanol–water partition coefficient (Wildman–Crippen LogP) is -0.260. The number of aliphatic carboxylic acids is 1. The lowest BCUT2D eigenvalue weighted by Gasteiger charge is -2.14. The highest BCUT2D eigenvalue weighted by atomic mass is 16.4. The van der Waals surface area contributed by atoms with Crippen LogP contribution in [0.25, 0.3) is 0 Å². The summed E-state index contributed by atoms with van der Waals surface area (Å²) in [4.78, 5) is 12.3. The second-order valence-corrected chi connectivity index (χ2v) is 2.63. The topological polar surface area (TPSA) is 66.6 Å². The number of nitrogens with two attached hydrogens (primary N) is 1. The molecule has 0 rings (SSSR count). The molecule has 0 unspecified atom stereocenters. The van der Waals surface area contributed by atoms with Crippen LogP contribution in [0.4, 0.5) is 0 Å². The number of carboxylic acid groups (broad SMARTS) is 1. The van der Waals surface area contributed by atoms with E-state index >= 15 is 0 Å². The molecule has 66 valence electrons. The number of carboxylic acids is 1. The maximum atomic E-state index is 10.3. The van der Waals surface area contributed by atoms with Gasteiger partial charge in [-0.3, -0.25) is 4.79 Å². The molecule has 0 heterocycles. The van der Waals surface area contributed by atoms with Gasteiger partial charge in [0.15, 0.2) is 0 Å². The average molecular weight is 160 g/mol. The summed E-state index contributed by atoms with van der Waals surface area (Å²) in [7, 11) is 1.94. The van der Waals surface area contributed by atoms with E-state index in [-0.39, 0.29) is 0 Å². The minimum absolute atomic E-state index is 0.514. The Morgan fingerprint density at radius 2 is 2.27 bits per heavy atom. The van der Waals surface area contributed by atoms with Gasteiger partial charge in [-0.1, -0.05) is 6.92 Å². The van der Waals surface area contributed by atoms with E-state index in [9.17, 15) is 4.79 Å². The van der Waals surface area contributed by atoms with Crippen LogP contribution in [0.3, 0.4) is 0 Å². The lowest BCUT2D eigenvalue weighted by atomic mass is 10.2. The van der Waals surface area contributed by atoms with Crippen molar-refractivity contribution in [2.24, 2.45) is 5.73 Å². The summed E-state index contributed by atoms with van der Waals surface area (Å²) in [5, 5.41) is 8.42. The first kappa shape index (κ1) is 10.4. The van der Waals surface area contributed by atoms with Crippen molar-refractivity contribution >= 4 is 5.97 Å². The van der Waals surface area contributed by atoms with Gasteiger partial charge in [-0.25, -0.2) is 0 Å². The van der Waals surface area contributed by atoms with E-state index in [0.29, 0.717) is 6.42 Å². The molecule has 11 heavy (non-hydrogen) atoms.